The first kappa shape index (κ1) is 16.0. The third-order valence-corrected chi connectivity index (χ3v) is 5.24. The van der Waals surface area contributed by atoms with Gasteiger partial charge < -0.3 is 10.6 Å². The second kappa shape index (κ2) is 5.64. The number of para-hydroxylation sites is 1. The van der Waals surface area contributed by atoms with E-state index in [1.54, 1.807) is 25.2 Å². The number of nitrogens with one attached hydrogen (secondary N) is 1. The summed E-state index contributed by atoms with van der Waals surface area (Å²) in [5.41, 5.74) is 6.79. The molecule has 0 saturated carbocycles. The van der Waals surface area contributed by atoms with Crippen molar-refractivity contribution in [2.24, 2.45) is 5.73 Å². The molecule has 1 aliphatic heterocycles. The minimum absolute atomic E-state index is 0.0172. The molecule has 0 bridgehead atoms. The van der Waals surface area contributed by atoms with Crippen LogP contribution in [-0.4, -0.2) is 27.3 Å². The molecular weight excluding hydrogens is 330 g/mol. The third kappa shape index (κ3) is 2.71. The Labute approximate surface area is 139 Å². The van der Waals surface area contributed by atoms with Crippen molar-refractivity contribution in [2.75, 3.05) is 16.7 Å². The lowest BCUT2D eigenvalue weighted by atomic mass is 10.2. The van der Waals surface area contributed by atoms with Gasteiger partial charge in [-0.3, -0.25) is 14.3 Å². The van der Waals surface area contributed by atoms with Crippen LogP contribution in [0.2, 0.25) is 0 Å². The number of primary amides is 1. The normalized spacial score (nSPS) is 13.7. The molecule has 1 heterocycles. The Hall–Kier alpha value is -2.87. The number of rotatable bonds is 4. The standard InChI is InChI=1S/C16H15N3O4S/c1-19-14-7-6-11(8-10(14)9-15(19)20)24(22,23)18-13-5-3-2-4-12(13)16(17)21/h2-8,18H,9H2,1H3,(H2,17,21). The Morgan fingerprint density at radius 3 is 2.62 bits per heavy atom. The van der Waals surface area contributed by atoms with Gasteiger partial charge in [0.25, 0.3) is 15.9 Å². The number of benzene rings is 2. The van der Waals surface area contributed by atoms with Crippen molar-refractivity contribution in [3.05, 3.63) is 53.6 Å². The molecule has 0 aliphatic carbocycles. The Kier molecular flexibility index (Phi) is 3.76. The zero-order valence-corrected chi connectivity index (χ0v) is 13.6. The van der Waals surface area contributed by atoms with Gasteiger partial charge in [-0.15, -0.1) is 0 Å². The molecule has 3 rings (SSSR count). The second-order valence-corrected chi connectivity index (χ2v) is 7.12. The number of amides is 2. The van der Waals surface area contributed by atoms with E-state index in [9.17, 15) is 18.0 Å². The monoisotopic (exact) mass is 345 g/mol. The number of nitrogens with two attached hydrogens (primary N) is 1. The summed E-state index contributed by atoms with van der Waals surface area (Å²) in [5, 5.41) is 0. The highest BCUT2D eigenvalue weighted by Crippen LogP contribution is 2.30. The van der Waals surface area contributed by atoms with Crippen molar-refractivity contribution in [3.8, 4) is 0 Å². The summed E-state index contributed by atoms with van der Waals surface area (Å²) >= 11 is 0. The van der Waals surface area contributed by atoms with Crippen molar-refractivity contribution in [2.45, 2.75) is 11.3 Å². The molecule has 0 radical (unpaired) electrons. The van der Waals surface area contributed by atoms with Crippen molar-refractivity contribution < 1.29 is 18.0 Å². The summed E-state index contributed by atoms with van der Waals surface area (Å²) in [6.07, 6.45) is 0.160. The van der Waals surface area contributed by atoms with Crippen LogP contribution in [0.4, 0.5) is 11.4 Å². The van der Waals surface area contributed by atoms with Crippen LogP contribution in [0.15, 0.2) is 47.4 Å². The minimum Gasteiger partial charge on any atom is -0.366 e. The predicted octanol–water partition coefficient (Wildman–Crippen LogP) is 1.11. The van der Waals surface area contributed by atoms with E-state index in [1.807, 2.05) is 0 Å². The van der Waals surface area contributed by atoms with Crippen LogP contribution in [0.5, 0.6) is 0 Å². The molecular formula is C16H15N3O4S. The number of nitrogens with zero attached hydrogens (tertiary/aromatic N) is 1. The van der Waals surface area contributed by atoms with Crippen LogP contribution in [0, 0.1) is 0 Å². The summed E-state index contributed by atoms with van der Waals surface area (Å²) in [6.45, 7) is 0. The summed E-state index contributed by atoms with van der Waals surface area (Å²) in [7, 11) is -2.27. The molecule has 0 unspecified atom stereocenters. The van der Waals surface area contributed by atoms with Gasteiger partial charge in [-0.05, 0) is 35.9 Å². The summed E-state index contributed by atoms with van der Waals surface area (Å²) in [4.78, 5) is 24.6. The van der Waals surface area contributed by atoms with Gasteiger partial charge in [0.05, 0.1) is 22.6 Å². The third-order valence-electron chi connectivity index (χ3n) is 3.88. The van der Waals surface area contributed by atoms with E-state index in [4.69, 9.17) is 5.73 Å². The van der Waals surface area contributed by atoms with E-state index in [-0.39, 0.29) is 28.5 Å². The van der Waals surface area contributed by atoms with E-state index in [1.165, 1.54) is 29.2 Å². The number of hydrogen-bond acceptors (Lipinski definition) is 4. The minimum atomic E-state index is -3.91. The maximum absolute atomic E-state index is 12.6. The number of carbonyl (C=O) groups excluding carboxylic acids is 2. The Morgan fingerprint density at radius 2 is 1.92 bits per heavy atom. The molecule has 0 fully saturated rings. The lowest BCUT2D eigenvalue weighted by Crippen LogP contribution is -2.20. The molecule has 3 N–H and O–H groups in total. The van der Waals surface area contributed by atoms with Gasteiger partial charge in [-0.1, -0.05) is 12.1 Å². The van der Waals surface area contributed by atoms with E-state index >= 15 is 0 Å². The fraction of sp³-hybridized carbons (Fsp3) is 0.125. The topological polar surface area (TPSA) is 110 Å². The second-order valence-electron chi connectivity index (χ2n) is 5.44. The van der Waals surface area contributed by atoms with Crippen molar-refractivity contribution in [3.63, 3.8) is 0 Å². The fourth-order valence-corrected chi connectivity index (χ4v) is 3.73. The number of anilines is 2. The van der Waals surface area contributed by atoms with Gasteiger partial charge in [0.1, 0.15) is 0 Å². The van der Waals surface area contributed by atoms with Crippen molar-refractivity contribution in [1.82, 2.24) is 0 Å². The average molecular weight is 345 g/mol. The highest BCUT2D eigenvalue weighted by Gasteiger charge is 2.26. The number of likely N-dealkylation sites (N-methyl/N-ethyl adjacent to an activating group) is 1. The Morgan fingerprint density at radius 1 is 1.21 bits per heavy atom. The maximum Gasteiger partial charge on any atom is 0.261 e. The van der Waals surface area contributed by atoms with Gasteiger partial charge >= 0.3 is 0 Å². The van der Waals surface area contributed by atoms with Crippen LogP contribution in [-0.2, 0) is 21.2 Å². The quantitative estimate of drug-likeness (QED) is 0.865. The molecule has 0 saturated heterocycles. The zero-order valence-electron chi connectivity index (χ0n) is 12.8. The van der Waals surface area contributed by atoms with Crippen LogP contribution >= 0.6 is 0 Å². The lowest BCUT2D eigenvalue weighted by Gasteiger charge is -2.13. The number of fused-ring (bicyclic) bond motifs is 1. The largest absolute Gasteiger partial charge is 0.366 e. The van der Waals surface area contributed by atoms with Crippen LogP contribution in [0.3, 0.4) is 0 Å². The molecule has 1 aliphatic rings. The average Bonchev–Trinajstić information content (AvgIpc) is 2.81. The van der Waals surface area contributed by atoms with Gasteiger partial charge in [-0.2, -0.15) is 0 Å². The number of sulfonamides is 1. The van der Waals surface area contributed by atoms with E-state index < -0.39 is 15.9 Å². The van der Waals surface area contributed by atoms with Crippen LogP contribution in [0.1, 0.15) is 15.9 Å². The predicted molar refractivity (Wildman–Crippen MR) is 89.3 cm³/mol. The molecule has 24 heavy (non-hydrogen) atoms. The molecule has 124 valence electrons. The molecule has 0 atom stereocenters. The van der Waals surface area contributed by atoms with Crippen molar-refractivity contribution >= 4 is 33.2 Å². The van der Waals surface area contributed by atoms with Gasteiger partial charge in [0, 0.05) is 12.7 Å². The van der Waals surface area contributed by atoms with Crippen LogP contribution in [0.25, 0.3) is 0 Å². The maximum atomic E-state index is 12.6. The summed E-state index contributed by atoms with van der Waals surface area (Å²) < 4.78 is 27.5. The van der Waals surface area contributed by atoms with Gasteiger partial charge in [-0.25, -0.2) is 8.42 Å². The molecule has 2 amide bonds. The molecule has 2 aromatic rings. The van der Waals surface area contributed by atoms with E-state index in [0.717, 1.165) is 0 Å². The molecule has 0 spiro atoms. The fourth-order valence-electron chi connectivity index (χ4n) is 2.60. The molecule has 7 nitrogen and oxygen atoms in total. The van der Waals surface area contributed by atoms with Crippen molar-refractivity contribution in [1.29, 1.82) is 0 Å². The highest BCUT2D eigenvalue weighted by atomic mass is 32.2. The SMILES string of the molecule is CN1C(=O)Cc2cc(S(=O)(=O)Nc3ccccc3C(N)=O)ccc21. The lowest BCUT2D eigenvalue weighted by molar-refractivity contribution is -0.117. The number of carbonyl (C=O) groups is 2. The van der Waals surface area contributed by atoms with Gasteiger partial charge in [0.2, 0.25) is 5.91 Å². The van der Waals surface area contributed by atoms with E-state index in [0.29, 0.717) is 11.3 Å². The molecule has 2 aromatic carbocycles. The number of hydrogen-bond donors (Lipinski definition) is 2. The Balaban J connectivity index is 1.97. The first-order valence-electron chi connectivity index (χ1n) is 7.11. The first-order chi connectivity index (χ1) is 11.3. The first-order valence-corrected chi connectivity index (χ1v) is 8.59. The highest BCUT2D eigenvalue weighted by molar-refractivity contribution is 7.92. The Bertz CT molecular complexity index is 954. The smallest absolute Gasteiger partial charge is 0.261 e. The van der Waals surface area contributed by atoms with Gasteiger partial charge in [0.15, 0.2) is 0 Å². The molecule has 0 aromatic heterocycles. The summed E-state index contributed by atoms with van der Waals surface area (Å²) in [6, 6.07) is 10.6. The summed E-state index contributed by atoms with van der Waals surface area (Å²) in [5.74, 6) is -0.818. The van der Waals surface area contributed by atoms with Crippen LogP contribution < -0.4 is 15.4 Å². The molecule has 8 heteroatoms. The van der Waals surface area contributed by atoms with E-state index in [2.05, 4.69) is 4.72 Å². The zero-order chi connectivity index (χ0) is 17.5.